The first-order chi connectivity index (χ1) is 29.4. The van der Waals surface area contributed by atoms with Gasteiger partial charge >= 0.3 is 19.7 Å². The molecule has 3 aliphatic rings. The van der Waals surface area contributed by atoms with E-state index in [1.165, 1.54) is 22.3 Å². The Bertz CT molecular complexity index is 2180. The van der Waals surface area contributed by atoms with Crippen molar-refractivity contribution in [3.8, 4) is 22.9 Å². The summed E-state index contributed by atoms with van der Waals surface area (Å²) in [6.45, 7) is 16.9. The number of likely N-dealkylation sites (tertiary alicyclic amines) is 1. The van der Waals surface area contributed by atoms with Crippen LogP contribution in [0.5, 0.6) is 11.5 Å². The molecule has 1 saturated heterocycles. The quantitative estimate of drug-likeness (QED) is 0.0683. The van der Waals surface area contributed by atoms with Gasteiger partial charge in [-0.25, -0.2) is 19.6 Å². The number of nitrogens with one attached hydrogen (secondary N) is 3. The lowest BCUT2D eigenvalue weighted by Gasteiger charge is -2.35. The molecule has 3 heterocycles. The minimum atomic E-state index is -3.54. The SMILES string of the molecule is C=C[C@@H]1C[C@]1(NC(=O)[C@@H]1C[C@@H](Oc2cc(-c3csc(NC(C)C)n3)nc3cc(OCP(=O)(OCC)OCC)ccc23)CN1C(=O)C(NC(=O)OC1CCCC1)C(C)(C)C)C(=O)O. The molecule has 1 aliphatic heterocycles. The van der Waals surface area contributed by atoms with Crippen LogP contribution in [0.2, 0.25) is 0 Å². The number of rotatable bonds is 19. The topological polar surface area (TPSA) is 217 Å². The number of aromatic nitrogens is 2. The van der Waals surface area contributed by atoms with Gasteiger partial charge in [0.05, 0.1) is 31.0 Å². The second-order valence-corrected chi connectivity index (χ2v) is 20.1. The number of nitrogens with zero attached hydrogens (tertiary/aromatic N) is 3. The van der Waals surface area contributed by atoms with E-state index in [1.807, 2.05) is 19.2 Å². The molecule has 0 bridgehead atoms. The summed E-state index contributed by atoms with van der Waals surface area (Å²) in [6, 6.07) is 4.71. The molecule has 2 saturated carbocycles. The van der Waals surface area contributed by atoms with Crippen LogP contribution in [0.4, 0.5) is 9.93 Å². The lowest BCUT2D eigenvalue weighted by atomic mass is 9.85. The third-order valence-corrected chi connectivity index (χ3v) is 13.6. The van der Waals surface area contributed by atoms with Crippen molar-refractivity contribution in [3.63, 3.8) is 0 Å². The average molecular weight is 899 g/mol. The van der Waals surface area contributed by atoms with Crippen LogP contribution in [-0.2, 0) is 32.7 Å². The second kappa shape index (κ2) is 19.3. The van der Waals surface area contributed by atoms with Gasteiger partial charge in [0.15, 0.2) is 11.5 Å². The molecule has 2 aromatic heterocycles. The molecule has 3 amide bonds. The van der Waals surface area contributed by atoms with E-state index in [4.69, 9.17) is 33.2 Å². The molecule has 5 atom stereocenters. The number of carbonyl (C=O) groups is 4. The Morgan fingerprint density at radius 3 is 2.39 bits per heavy atom. The number of ether oxygens (including phenoxy) is 3. The summed E-state index contributed by atoms with van der Waals surface area (Å²) in [7, 11) is -3.54. The summed E-state index contributed by atoms with van der Waals surface area (Å²) < 4.78 is 42.4. The maximum Gasteiger partial charge on any atom is 0.408 e. The lowest BCUT2D eigenvalue weighted by Crippen LogP contribution is -2.59. The van der Waals surface area contributed by atoms with Crippen molar-refractivity contribution in [2.45, 2.75) is 123 Å². The highest BCUT2D eigenvalue weighted by atomic mass is 32.1. The molecule has 62 heavy (non-hydrogen) atoms. The molecule has 17 nitrogen and oxygen atoms in total. The number of aliphatic carboxylic acids is 1. The van der Waals surface area contributed by atoms with Gasteiger partial charge in [-0.2, -0.15) is 0 Å². The van der Waals surface area contributed by atoms with Gasteiger partial charge < -0.3 is 49.2 Å². The van der Waals surface area contributed by atoms with Crippen LogP contribution < -0.4 is 25.4 Å². The average Bonchev–Trinajstić information content (AvgIpc) is 3.61. The number of hydrogen-bond donors (Lipinski definition) is 4. The zero-order valence-corrected chi connectivity index (χ0v) is 38.1. The minimum Gasteiger partial charge on any atom is -0.488 e. The zero-order chi connectivity index (χ0) is 45.0. The smallest absolute Gasteiger partial charge is 0.408 e. The van der Waals surface area contributed by atoms with Crippen molar-refractivity contribution in [1.82, 2.24) is 25.5 Å². The fraction of sp³-hybridized carbons (Fsp3) is 0.581. The van der Waals surface area contributed by atoms with Gasteiger partial charge in [-0.05, 0) is 77.3 Å². The molecular weight excluding hydrogens is 840 g/mol. The first-order valence-corrected chi connectivity index (χ1v) is 23.8. The fourth-order valence-corrected chi connectivity index (χ4v) is 10.0. The predicted octanol–water partition coefficient (Wildman–Crippen LogP) is 7.36. The molecular formula is C43H59N6O11PS. The number of carboxylic acid groups (broad SMARTS) is 1. The number of benzene rings is 1. The number of thiazole rings is 1. The predicted molar refractivity (Wildman–Crippen MR) is 234 cm³/mol. The highest BCUT2D eigenvalue weighted by Crippen LogP contribution is 2.48. The van der Waals surface area contributed by atoms with Crippen LogP contribution in [0.15, 0.2) is 42.3 Å². The minimum absolute atomic E-state index is 0.000937. The van der Waals surface area contributed by atoms with E-state index in [9.17, 15) is 28.8 Å². The van der Waals surface area contributed by atoms with Gasteiger partial charge in [0.2, 0.25) is 11.8 Å². The molecule has 1 unspecified atom stereocenters. The molecule has 19 heteroatoms. The van der Waals surface area contributed by atoms with E-state index in [-0.39, 0.29) is 51.1 Å². The van der Waals surface area contributed by atoms with Crippen LogP contribution >= 0.6 is 18.9 Å². The summed E-state index contributed by atoms with van der Waals surface area (Å²) >= 11 is 1.42. The molecule has 1 aromatic carbocycles. The van der Waals surface area contributed by atoms with Crippen LogP contribution in [0.25, 0.3) is 22.3 Å². The van der Waals surface area contributed by atoms with Crippen LogP contribution in [0, 0.1) is 11.3 Å². The second-order valence-electron chi connectivity index (χ2n) is 17.3. The van der Waals surface area contributed by atoms with Gasteiger partial charge in [0.1, 0.15) is 47.0 Å². The lowest BCUT2D eigenvalue weighted by molar-refractivity contribution is -0.146. The van der Waals surface area contributed by atoms with E-state index in [0.717, 1.165) is 25.7 Å². The monoisotopic (exact) mass is 898 g/mol. The number of fused-ring (bicyclic) bond motifs is 1. The van der Waals surface area contributed by atoms with E-state index in [1.54, 1.807) is 58.9 Å². The third-order valence-electron chi connectivity index (χ3n) is 11.1. The Labute approximate surface area is 366 Å². The van der Waals surface area contributed by atoms with Gasteiger partial charge in [0, 0.05) is 41.3 Å². The first kappa shape index (κ1) is 46.7. The summed E-state index contributed by atoms with van der Waals surface area (Å²) in [6.07, 6.45) is 2.98. The molecule has 2 aliphatic carbocycles. The molecule has 3 aromatic rings. The Morgan fingerprint density at radius 1 is 1.06 bits per heavy atom. The van der Waals surface area contributed by atoms with Crippen molar-refractivity contribution in [2.24, 2.45) is 11.3 Å². The maximum atomic E-state index is 14.7. The Morgan fingerprint density at radius 2 is 1.77 bits per heavy atom. The Kier molecular flexibility index (Phi) is 14.6. The van der Waals surface area contributed by atoms with Gasteiger partial charge in [-0.3, -0.25) is 14.2 Å². The number of carboxylic acids is 1. The summed E-state index contributed by atoms with van der Waals surface area (Å²) in [5.41, 5.74) is -0.875. The molecule has 0 spiro atoms. The summed E-state index contributed by atoms with van der Waals surface area (Å²) in [4.78, 5) is 65.6. The van der Waals surface area contributed by atoms with Crippen LogP contribution in [0.1, 0.15) is 87.0 Å². The Balaban J connectivity index is 1.34. The van der Waals surface area contributed by atoms with Crippen molar-refractivity contribution in [3.05, 3.63) is 42.3 Å². The maximum absolute atomic E-state index is 14.7. The van der Waals surface area contributed by atoms with Gasteiger partial charge in [-0.15, -0.1) is 17.9 Å². The van der Waals surface area contributed by atoms with Crippen LogP contribution in [0.3, 0.4) is 0 Å². The van der Waals surface area contributed by atoms with Gasteiger partial charge in [-0.1, -0.05) is 26.8 Å². The van der Waals surface area contributed by atoms with Crippen molar-refractivity contribution in [2.75, 3.05) is 31.4 Å². The molecule has 3 fully saturated rings. The van der Waals surface area contributed by atoms with Crippen molar-refractivity contribution in [1.29, 1.82) is 0 Å². The van der Waals surface area contributed by atoms with Gasteiger partial charge in [0.25, 0.3) is 0 Å². The molecule has 338 valence electrons. The van der Waals surface area contributed by atoms with E-state index >= 15 is 0 Å². The fourth-order valence-electron chi connectivity index (χ4n) is 7.86. The normalized spacial score (nSPS) is 22.0. The molecule has 4 N–H and O–H groups in total. The largest absolute Gasteiger partial charge is 0.488 e. The summed E-state index contributed by atoms with van der Waals surface area (Å²) in [5.74, 6) is -2.17. The first-order valence-electron chi connectivity index (χ1n) is 21.2. The van der Waals surface area contributed by atoms with E-state index in [0.29, 0.717) is 38.9 Å². The number of carbonyl (C=O) groups excluding carboxylic acids is 3. The standard InChI is InChI=1S/C43H59N6O11PS/c1-9-26-21-43(26,39(52)53)48-37(50)34-19-29(22-49(34)38(51)36(42(6,7)8)47-41(54)60-27-14-12-13-15-27)59-35-20-32(33-23-62-40(46-33)44-25(4)5)45-31-18-28(16-17-30(31)35)56-24-61(55,57-10-2)58-11-3/h9,16-18,20,23,25-27,29,34,36H,1,10-15,19,21-22,24H2,2-8H3,(H,44,46)(H,47,54)(H,48,50)(H,52,53)/t26-,29-,34+,36?,43-/m1/s1. The molecule has 0 radical (unpaired) electrons. The van der Waals surface area contributed by atoms with E-state index in [2.05, 4.69) is 22.5 Å². The number of pyridine rings is 1. The van der Waals surface area contributed by atoms with Crippen LogP contribution in [-0.4, -0.2) is 106 Å². The third kappa shape index (κ3) is 10.9. The summed E-state index contributed by atoms with van der Waals surface area (Å²) in [5, 5.41) is 22.1. The highest BCUT2D eigenvalue weighted by molar-refractivity contribution is 7.53. The number of anilines is 1. The number of alkyl carbamates (subject to hydrolysis) is 1. The number of amides is 3. The highest BCUT2D eigenvalue weighted by Gasteiger charge is 2.61. The molecule has 6 rings (SSSR count). The van der Waals surface area contributed by atoms with Crippen molar-refractivity contribution >= 4 is 58.8 Å². The zero-order valence-electron chi connectivity index (χ0n) is 36.4. The van der Waals surface area contributed by atoms with Crippen molar-refractivity contribution < 1.29 is 52.1 Å². The number of hydrogen-bond acceptors (Lipinski definition) is 14. The van der Waals surface area contributed by atoms with E-state index < -0.39 is 66.5 Å². The Hall–Kier alpha value is -4.77.